The van der Waals surface area contributed by atoms with Crippen molar-refractivity contribution in [2.24, 2.45) is 0 Å². The minimum atomic E-state index is -1.32. The average molecular weight is 271 g/mol. The molecule has 4 nitrogen and oxygen atoms in total. The van der Waals surface area contributed by atoms with Gasteiger partial charge in [-0.3, -0.25) is 0 Å². The Kier molecular flexibility index (Phi) is 3.20. The summed E-state index contributed by atoms with van der Waals surface area (Å²) < 4.78 is 26.7. The molecule has 0 saturated carbocycles. The fourth-order valence-electron chi connectivity index (χ4n) is 1.40. The summed E-state index contributed by atoms with van der Waals surface area (Å²) in [6.45, 7) is 0. The van der Waals surface area contributed by atoms with Crippen molar-refractivity contribution in [2.75, 3.05) is 0 Å². The van der Waals surface area contributed by atoms with Crippen molar-refractivity contribution in [3.8, 4) is 11.3 Å². The van der Waals surface area contributed by atoms with Gasteiger partial charge in [0.15, 0.2) is 5.82 Å². The minimum absolute atomic E-state index is 0.0193. The highest BCUT2D eigenvalue weighted by Gasteiger charge is 2.13. The van der Waals surface area contributed by atoms with Crippen molar-refractivity contribution in [3.63, 3.8) is 0 Å². The van der Waals surface area contributed by atoms with Crippen LogP contribution >= 0.6 is 11.6 Å². The molecule has 18 heavy (non-hydrogen) atoms. The Balaban J connectivity index is 2.63. The van der Waals surface area contributed by atoms with Gasteiger partial charge in [0.05, 0.1) is 11.8 Å². The summed E-state index contributed by atoms with van der Waals surface area (Å²) >= 11 is 5.51. The lowest BCUT2D eigenvalue weighted by Gasteiger charge is -2.04. The van der Waals surface area contributed by atoms with E-state index in [9.17, 15) is 13.6 Å². The normalized spacial score (nSPS) is 10.4. The monoisotopic (exact) mass is 270 g/mol. The predicted octanol–water partition coefficient (Wildman–Crippen LogP) is 2.77. The summed E-state index contributed by atoms with van der Waals surface area (Å²) in [7, 11) is 0. The van der Waals surface area contributed by atoms with Crippen LogP contribution in [0.2, 0.25) is 5.28 Å². The van der Waals surface area contributed by atoms with E-state index in [1.54, 1.807) is 0 Å². The standard InChI is InChI=1S/C11H5ClF2N2O2/c12-11-15-4-8(14)9(16-11)5-1-6(10(17)18)3-7(13)2-5/h1-4H,(H,17,18). The first kappa shape index (κ1) is 12.4. The second kappa shape index (κ2) is 4.66. The lowest BCUT2D eigenvalue weighted by atomic mass is 10.1. The highest BCUT2D eigenvalue weighted by Crippen LogP contribution is 2.23. The second-order valence-corrected chi connectivity index (χ2v) is 3.71. The summed E-state index contributed by atoms with van der Waals surface area (Å²) in [6, 6.07) is 2.90. The Morgan fingerprint density at radius 2 is 2.00 bits per heavy atom. The van der Waals surface area contributed by atoms with Gasteiger partial charge in [-0.1, -0.05) is 0 Å². The average Bonchev–Trinajstić information content (AvgIpc) is 2.31. The minimum Gasteiger partial charge on any atom is -0.478 e. The maximum absolute atomic E-state index is 13.5. The topological polar surface area (TPSA) is 63.1 Å². The molecule has 0 fully saturated rings. The molecule has 2 aromatic rings. The van der Waals surface area contributed by atoms with Crippen LogP contribution in [0.25, 0.3) is 11.3 Å². The van der Waals surface area contributed by atoms with Gasteiger partial charge in [-0.15, -0.1) is 0 Å². The fourth-order valence-corrected chi connectivity index (χ4v) is 1.53. The molecule has 0 saturated heterocycles. The second-order valence-electron chi connectivity index (χ2n) is 3.37. The summed E-state index contributed by atoms with van der Waals surface area (Å²) in [5.74, 6) is -2.95. The van der Waals surface area contributed by atoms with Crippen molar-refractivity contribution in [3.05, 3.63) is 46.9 Å². The number of aromatic carboxylic acids is 1. The van der Waals surface area contributed by atoms with Gasteiger partial charge >= 0.3 is 5.97 Å². The summed E-state index contributed by atoms with van der Waals surface area (Å²) in [4.78, 5) is 17.8. The zero-order chi connectivity index (χ0) is 13.3. The van der Waals surface area contributed by atoms with E-state index in [-0.39, 0.29) is 22.1 Å². The van der Waals surface area contributed by atoms with Crippen molar-refractivity contribution in [1.29, 1.82) is 0 Å². The molecule has 2 rings (SSSR count). The summed E-state index contributed by atoms with van der Waals surface area (Å²) in [5.41, 5.74) is -0.578. The molecule has 0 spiro atoms. The number of benzene rings is 1. The number of halogens is 3. The zero-order valence-corrected chi connectivity index (χ0v) is 9.45. The van der Waals surface area contributed by atoms with Gasteiger partial charge in [-0.2, -0.15) is 0 Å². The van der Waals surface area contributed by atoms with E-state index in [1.165, 1.54) is 0 Å². The van der Waals surface area contributed by atoms with Crippen molar-refractivity contribution in [2.45, 2.75) is 0 Å². The first-order chi connectivity index (χ1) is 8.47. The van der Waals surface area contributed by atoms with Crippen LogP contribution in [0.1, 0.15) is 10.4 Å². The quantitative estimate of drug-likeness (QED) is 0.852. The first-order valence-corrected chi connectivity index (χ1v) is 5.07. The third kappa shape index (κ3) is 2.43. The molecule has 1 N–H and O–H groups in total. The van der Waals surface area contributed by atoms with Gasteiger partial charge in [-0.05, 0) is 29.8 Å². The van der Waals surface area contributed by atoms with E-state index in [0.717, 1.165) is 24.4 Å². The van der Waals surface area contributed by atoms with E-state index >= 15 is 0 Å². The number of carboxylic acid groups (broad SMARTS) is 1. The zero-order valence-electron chi connectivity index (χ0n) is 8.69. The predicted molar refractivity (Wildman–Crippen MR) is 59.4 cm³/mol. The molecular formula is C11H5ClF2N2O2. The number of hydrogen-bond donors (Lipinski definition) is 1. The smallest absolute Gasteiger partial charge is 0.335 e. The highest BCUT2D eigenvalue weighted by molar-refractivity contribution is 6.28. The lowest BCUT2D eigenvalue weighted by molar-refractivity contribution is 0.0696. The molecule has 0 aliphatic carbocycles. The number of hydrogen-bond acceptors (Lipinski definition) is 3. The molecule has 1 aromatic carbocycles. The van der Waals surface area contributed by atoms with Crippen LogP contribution in [0.5, 0.6) is 0 Å². The van der Waals surface area contributed by atoms with E-state index in [0.29, 0.717) is 0 Å². The molecule has 0 unspecified atom stereocenters. The van der Waals surface area contributed by atoms with Crippen molar-refractivity contribution in [1.82, 2.24) is 9.97 Å². The number of rotatable bonds is 2. The van der Waals surface area contributed by atoms with Crippen LogP contribution in [0, 0.1) is 11.6 Å². The molecule has 0 bridgehead atoms. The van der Waals surface area contributed by atoms with E-state index in [2.05, 4.69) is 9.97 Å². The Morgan fingerprint density at radius 3 is 2.67 bits per heavy atom. The Morgan fingerprint density at radius 1 is 1.28 bits per heavy atom. The van der Waals surface area contributed by atoms with Crippen molar-refractivity contribution < 1.29 is 18.7 Å². The van der Waals surface area contributed by atoms with Gasteiger partial charge in [-0.25, -0.2) is 23.5 Å². The fraction of sp³-hybridized carbons (Fsp3) is 0. The first-order valence-electron chi connectivity index (χ1n) is 4.69. The SMILES string of the molecule is O=C(O)c1cc(F)cc(-c2nc(Cl)ncc2F)c1. The number of nitrogens with zero attached hydrogens (tertiary/aromatic N) is 2. The third-order valence-electron chi connectivity index (χ3n) is 2.13. The van der Waals surface area contributed by atoms with Gasteiger partial charge in [0.2, 0.25) is 5.28 Å². The molecule has 0 aliphatic rings. The van der Waals surface area contributed by atoms with Gasteiger partial charge < -0.3 is 5.11 Å². The van der Waals surface area contributed by atoms with E-state index < -0.39 is 17.6 Å². The van der Waals surface area contributed by atoms with Gasteiger partial charge in [0.25, 0.3) is 0 Å². The molecular weight excluding hydrogens is 266 g/mol. The molecule has 0 radical (unpaired) electrons. The summed E-state index contributed by atoms with van der Waals surface area (Å²) in [5, 5.41) is 8.57. The molecule has 0 atom stereocenters. The van der Waals surface area contributed by atoms with Gasteiger partial charge in [0, 0.05) is 5.56 Å². The number of carbonyl (C=O) groups is 1. The molecule has 92 valence electrons. The summed E-state index contributed by atoms with van der Waals surface area (Å²) in [6.07, 6.45) is 0.829. The Bertz CT molecular complexity index is 634. The van der Waals surface area contributed by atoms with E-state index in [4.69, 9.17) is 16.7 Å². The Hall–Kier alpha value is -2.08. The van der Waals surface area contributed by atoms with Gasteiger partial charge in [0.1, 0.15) is 11.5 Å². The van der Waals surface area contributed by atoms with Crippen molar-refractivity contribution >= 4 is 17.6 Å². The van der Waals surface area contributed by atoms with Crippen LogP contribution < -0.4 is 0 Å². The number of aromatic nitrogens is 2. The molecule has 0 amide bonds. The highest BCUT2D eigenvalue weighted by atomic mass is 35.5. The van der Waals surface area contributed by atoms with E-state index in [1.807, 2.05) is 0 Å². The van der Waals surface area contributed by atoms with Crippen LogP contribution in [-0.2, 0) is 0 Å². The number of carboxylic acids is 1. The largest absolute Gasteiger partial charge is 0.478 e. The Labute approximate surface area is 105 Å². The molecule has 1 heterocycles. The van der Waals surface area contributed by atoms with Crippen LogP contribution in [-0.4, -0.2) is 21.0 Å². The third-order valence-corrected chi connectivity index (χ3v) is 2.31. The molecule has 1 aromatic heterocycles. The van der Waals surface area contributed by atoms with Crippen LogP contribution in [0.15, 0.2) is 24.4 Å². The van der Waals surface area contributed by atoms with Crippen LogP contribution in [0.3, 0.4) is 0 Å². The lowest BCUT2D eigenvalue weighted by Crippen LogP contribution is -1.99. The molecule has 0 aliphatic heterocycles. The maximum atomic E-state index is 13.5. The maximum Gasteiger partial charge on any atom is 0.335 e. The van der Waals surface area contributed by atoms with Crippen LogP contribution in [0.4, 0.5) is 8.78 Å². The molecule has 7 heteroatoms.